The Bertz CT molecular complexity index is 260. The first-order valence-electron chi connectivity index (χ1n) is 4.87. The molecule has 1 aromatic heterocycles. The van der Waals surface area contributed by atoms with E-state index in [-0.39, 0.29) is 6.10 Å². The molecule has 0 spiro atoms. The van der Waals surface area contributed by atoms with E-state index in [1.807, 2.05) is 18.5 Å². The lowest BCUT2D eigenvalue weighted by atomic mass is 10.1. The number of aromatic nitrogens is 1. The molecule has 1 unspecified atom stereocenters. The number of nitrogens with zero attached hydrogens (tertiary/aromatic N) is 1. The Kier molecular flexibility index (Phi) is 4.98. The molecule has 0 amide bonds. The van der Waals surface area contributed by atoms with Gasteiger partial charge in [0.05, 0.1) is 6.10 Å². The van der Waals surface area contributed by atoms with Gasteiger partial charge >= 0.3 is 0 Å². The van der Waals surface area contributed by atoms with Crippen molar-refractivity contribution in [2.75, 3.05) is 12.0 Å². The summed E-state index contributed by atoms with van der Waals surface area (Å²) in [4.78, 5) is 4.30. The predicted octanol–water partition coefficient (Wildman–Crippen LogP) is 1.91. The van der Waals surface area contributed by atoms with E-state index in [4.69, 9.17) is 0 Å². The second-order valence-electron chi connectivity index (χ2n) is 3.32. The van der Waals surface area contributed by atoms with Crippen LogP contribution in [0.2, 0.25) is 0 Å². The summed E-state index contributed by atoms with van der Waals surface area (Å²) in [6.45, 7) is 2.11. The second-order valence-corrected chi connectivity index (χ2v) is 4.24. The standard InChI is InChI=1S/C11H17NOS/c1-3-9-4-5-10(12-7-9)6-11(13)8-14-2/h4-5,7,11,13H,3,6,8H2,1-2H3. The third kappa shape index (κ3) is 3.68. The van der Waals surface area contributed by atoms with Crippen molar-refractivity contribution in [3.05, 3.63) is 29.6 Å². The minimum absolute atomic E-state index is 0.273. The molecule has 0 saturated heterocycles. The summed E-state index contributed by atoms with van der Waals surface area (Å²) >= 11 is 1.66. The number of pyridine rings is 1. The van der Waals surface area contributed by atoms with Gasteiger partial charge in [-0.2, -0.15) is 11.8 Å². The fraction of sp³-hybridized carbons (Fsp3) is 0.545. The Morgan fingerprint density at radius 1 is 1.50 bits per heavy atom. The molecule has 0 aliphatic carbocycles. The van der Waals surface area contributed by atoms with E-state index >= 15 is 0 Å². The van der Waals surface area contributed by atoms with Gasteiger partial charge in [0, 0.05) is 24.1 Å². The van der Waals surface area contributed by atoms with Crippen LogP contribution in [0.1, 0.15) is 18.2 Å². The van der Waals surface area contributed by atoms with Crippen molar-refractivity contribution in [2.45, 2.75) is 25.9 Å². The molecule has 78 valence electrons. The first-order chi connectivity index (χ1) is 6.76. The number of rotatable bonds is 5. The predicted molar refractivity (Wildman–Crippen MR) is 61.7 cm³/mol. The molecular weight excluding hydrogens is 194 g/mol. The van der Waals surface area contributed by atoms with Crippen LogP contribution in [0.15, 0.2) is 18.3 Å². The molecule has 1 aromatic rings. The molecule has 0 radical (unpaired) electrons. The largest absolute Gasteiger partial charge is 0.392 e. The van der Waals surface area contributed by atoms with Gasteiger partial charge in [0.15, 0.2) is 0 Å². The normalized spacial score (nSPS) is 12.8. The van der Waals surface area contributed by atoms with Crippen molar-refractivity contribution >= 4 is 11.8 Å². The molecule has 0 aromatic carbocycles. The van der Waals surface area contributed by atoms with Crippen molar-refractivity contribution in [1.82, 2.24) is 4.98 Å². The zero-order chi connectivity index (χ0) is 10.4. The van der Waals surface area contributed by atoms with Crippen molar-refractivity contribution < 1.29 is 5.11 Å². The van der Waals surface area contributed by atoms with Crippen LogP contribution < -0.4 is 0 Å². The molecule has 1 N–H and O–H groups in total. The monoisotopic (exact) mass is 211 g/mol. The number of hydrogen-bond donors (Lipinski definition) is 1. The summed E-state index contributed by atoms with van der Waals surface area (Å²) in [5, 5.41) is 9.57. The van der Waals surface area contributed by atoms with E-state index in [1.165, 1.54) is 5.56 Å². The van der Waals surface area contributed by atoms with Crippen molar-refractivity contribution in [1.29, 1.82) is 0 Å². The van der Waals surface area contributed by atoms with E-state index in [2.05, 4.69) is 18.0 Å². The molecule has 0 aliphatic heterocycles. The highest BCUT2D eigenvalue weighted by Gasteiger charge is 2.05. The molecule has 1 atom stereocenters. The van der Waals surface area contributed by atoms with E-state index < -0.39 is 0 Å². The average Bonchev–Trinajstić information content (AvgIpc) is 2.19. The topological polar surface area (TPSA) is 33.1 Å². The average molecular weight is 211 g/mol. The van der Waals surface area contributed by atoms with Gasteiger partial charge in [0.1, 0.15) is 0 Å². The smallest absolute Gasteiger partial charge is 0.0685 e. The Labute approximate surface area is 89.8 Å². The van der Waals surface area contributed by atoms with Gasteiger partial charge in [-0.15, -0.1) is 0 Å². The van der Waals surface area contributed by atoms with Crippen LogP contribution in [0.5, 0.6) is 0 Å². The van der Waals surface area contributed by atoms with E-state index in [9.17, 15) is 5.11 Å². The molecule has 0 fully saturated rings. The van der Waals surface area contributed by atoms with Gasteiger partial charge in [-0.3, -0.25) is 4.98 Å². The van der Waals surface area contributed by atoms with E-state index in [0.717, 1.165) is 17.9 Å². The highest BCUT2D eigenvalue weighted by atomic mass is 32.2. The minimum Gasteiger partial charge on any atom is -0.392 e. The quantitative estimate of drug-likeness (QED) is 0.807. The number of hydrogen-bond acceptors (Lipinski definition) is 3. The Morgan fingerprint density at radius 2 is 2.29 bits per heavy atom. The lowest BCUT2D eigenvalue weighted by Crippen LogP contribution is -2.14. The summed E-state index contributed by atoms with van der Waals surface area (Å²) in [6.07, 6.45) is 5.29. The zero-order valence-corrected chi connectivity index (χ0v) is 9.55. The Morgan fingerprint density at radius 3 is 2.79 bits per heavy atom. The molecule has 0 bridgehead atoms. The fourth-order valence-electron chi connectivity index (χ4n) is 1.28. The maximum Gasteiger partial charge on any atom is 0.0685 e. The number of aliphatic hydroxyl groups is 1. The summed E-state index contributed by atoms with van der Waals surface area (Å²) in [6, 6.07) is 4.08. The van der Waals surface area contributed by atoms with Crippen molar-refractivity contribution in [3.63, 3.8) is 0 Å². The van der Waals surface area contributed by atoms with Crippen LogP contribution in [0, 0.1) is 0 Å². The fourth-order valence-corrected chi connectivity index (χ4v) is 1.78. The lowest BCUT2D eigenvalue weighted by molar-refractivity contribution is 0.199. The summed E-state index contributed by atoms with van der Waals surface area (Å²) in [5.41, 5.74) is 2.22. The molecule has 14 heavy (non-hydrogen) atoms. The second kappa shape index (κ2) is 6.04. The zero-order valence-electron chi connectivity index (χ0n) is 8.73. The van der Waals surface area contributed by atoms with Crippen molar-refractivity contribution in [2.24, 2.45) is 0 Å². The number of thioether (sulfide) groups is 1. The van der Waals surface area contributed by atoms with E-state index in [0.29, 0.717) is 6.42 Å². The first kappa shape index (κ1) is 11.5. The first-order valence-corrected chi connectivity index (χ1v) is 6.26. The maximum atomic E-state index is 9.57. The minimum atomic E-state index is -0.273. The van der Waals surface area contributed by atoms with Crippen LogP contribution in [-0.2, 0) is 12.8 Å². The summed E-state index contributed by atoms with van der Waals surface area (Å²) in [7, 11) is 0. The SMILES string of the molecule is CCc1ccc(CC(O)CSC)nc1. The highest BCUT2D eigenvalue weighted by Crippen LogP contribution is 2.06. The third-order valence-corrected chi connectivity index (χ3v) is 2.82. The van der Waals surface area contributed by atoms with Crippen molar-refractivity contribution in [3.8, 4) is 0 Å². The van der Waals surface area contributed by atoms with Crippen LogP contribution in [0.25, 0.3) is 0 Å². The van der Waals surface area contributed by atoms with Gasteiger partial charge in [0.25, 0.3) is 0 Å². The molecule has 3 heteroatoms. The lowest BCUT2D eigenvalue weighted by Gasteiger charge is -2.08. The van der Waals surface area contributed by atoms with Gasteiger partial charge in [0.2, 0.25) is 0 Å². The van der Waals surface area contributed by atoms with Crippen LogP contribution in [0.3, 0.4) is 0 Å². The van der Waals surface area contributed by atoms with Gasteiger partial charge < -0.3 is 5.11 Å². The molecule has 2 nitrogen and oxygen atoms in total. The molecule has 0 aliphatic rings. The van der Waals surface area contributed by atoms with Crippen LogP contribution in [-0.4, -0.2) is 28.2 Å². The summed E-state index contributed by atoms with van der Waals surface area (Å²) in [5.74, 6) is 0.775. The Hall–Kier alpha value is -0.540. The highest BCUT2D eigenvalue weighted by molar-refractivity contribution is 7.98. The molecule has 0 saturated carbocycles. The van der Waals surface area contributed by atoms with Gasteiger partial charge in [-0.1, -0.05) is 13.0 Å². The molecule has 1 rings (SSSR count). The van der Waals surface area contributed by atoms with Gasteiger partial charge in [-0.25, -0.2) is 0 Å². The summed E-state index contributed by atoms with van der Waals surface area (Å²) < 4.78 is 0. The maximum absolute atomic E-state index is 9.57. The third-order valence-electron chi connectivity index (χ3n) is 2.10. The number of aliphatic hydroxyl groups excluding tert-OH is 1. The van der Waals surface area contributed by atoms with E-state index in [1.54, 1.807) is 11.8 Å². The van der Waals surface area contributed by atoms with Crippen LogP contribution in [0.4, 0.5) is 0 Å². The number of aryl methyl sites for hydroxylation is 1. The van der Waals surface area contributed by atoms with Gasteiger partial charge in [-0.05, 0) is 24.3 Å². The van der Waals surface area contributed by atoms with Crippen LogP contribution >= 0.6 is 11.8 Å². The Balaban J connectivity index is 2.50. The molecule has 1 heterocycles. The molecular formula is C11H17NOS.